The van der Waals surface area contributed by atoms with Gasteiger partial charge < -0.3 is 14.2 Å². The summed E-state index contributed by atoms with van der Waals surface area (Å²) < 4.78 is 15.9. The number of esters is 1. The molecule has 122 valence electrons. The van der Waals surface area contributed by atoms with Gasteiger partial charge in [0.2, 0.25) is 0 Å². The first kappa shape index (κ1) is 17.0. The van der Waals surface area contributed by atoms with E-state index in [0.717, 1.165) is 5.56 Å². The molecular weight excluding hydrogens is 302 g/mol. The molecule has 0 amide bonds. The largest absolute Gasteiger partial charge is 0.493 e. The van der Waals surface area contributed by atoms with Gasteiger partial charge in [-0.15, -0.1) is 11.8 Å². The van der Waals surface area contributed by atoms with Crippen LogP contribution in [-0.4, -0.2) is 38.6 Å². The molecule has 1 aromatic rings. The van der Waals surface area contributed by atoms with E-state index in [-0.39, 0.29) is 17.4 Å². The van der Waals surface area contributed by atoms with E-state index < -0.39 is 0 Å². The quantitative estimate of drug-likeness (QED) is 0.812. The molecule has 2 atom stereocenters. The Labute approximate surface area is 135 Å². The smallest absolute Gasteiger partial charge is 0.324 e. The van der Waals surface area contributed by atoms with Gasteiger partial charge in [-0.25, -0.2) is 0 Å². The Balaban J connectivity index is 1.99. The fraction of sp³-hybridized carbons (Fsp3) is 0.562. The second-order valence-corrected chi connectivity index (χ2v) is 6.71. The number of nitrogens with one attached hydrogen (secondary N) is 1. The number of methoxy groups -OCH3 is 2. The summed E-state index contributed by atoms with van der Waals surface area (Å²) in [7, 11) is 3.23. The van der Waals surface area contributed by atoms with Gasteiger partial charge in [-0.05, 0) is 23.6 Å². The Morgan fingerprint density at radius 1 is 1.32 bits per heavy atom. The number of hydrogen-bond acceptors (Lipinski definition) is 6. The van der Waals surface area contributed by atoms with Gasteiger partial charge in [-0.2, -0.15) is 0 Å². The molecule has 0 aromatic heterocycles. The lowest BCUT2D eigenvalue weighted by molar-refractivity contribution is -0.146. The highest BCUT2D eigenvalue weighted by Crippen LogP contribution is 2.37. The van der Waals surface area contributed by atoms with E-state index in [1.165, 1.54) is 0 Å². The standard InChI is InChI=1S/C16H23NO4S/c1-10(2)8-21-16(18)12-9-22-15(17-12)11-5-6-13(19-3)14(7-11)20-4/h5-7,10,12,15,17H,8-9H2,1-4H3. The third-order valence-electron chi connectivity index (χ3n) is 3.34. The van der Waals surface area contributed by atoms with Crippen molar-refractivity contribution in [2.45, 2.75) is 25.3 Å². The number of rotatable bonds is 6. The molecule has 0 saturated carbocycles. The second kappa shape index (κ2) is 7.74. The van der Waals surface area contributed by atoms with Gasteiger partial charge in [0.25, 0.3) is 0 Å². The van der Waals surface area contributed by atoms with Crippen molar-refractivity contribution in [1.29, 1.82) is 0 Å². The van der Waals surface area contributed by atoms with Crippen molar-refractivity contribution in [2.75, 3.05) is 26.6 Å². The molecule has 0 radical (unpaired) electrons. The molecule has 1 aromatic carbocycles. The number of thioether (sulfide) groups is 1. The molecule has 5 nitrogen and oxygen atoms in total. The van der Waals surface area contributed by atoms with E-state index in [0.29, 0.717) is 29.8 Å². The van der Waals surface area contributed by atoms with E-state index in [1.54, 1.807) is 26.0 Å². The molecule has 2 rings (SSSR count). The minimum Gasteiger partial charge on any atom is -0.493 e. The lowest BCUT2D eigenvalue weighted by atomic mass is 10.2. The first-order valence-corrected chi connectivity index (χ1v) is 8.36. The van der Waals surface area contributed by atoms with Crippen molar-refractivity contribution in [3.63, 3.8) is 0 Å². The predicted molar refractivity (Wildman–Crippen MR) is 87.5 cm³/mol. The molecule has 1 fully saturated rings. The fourth-order valence-corrected chi connectivity index (χ4v) is 3.38. The van der Waals surface area contributed by atoms with Crippen LogP contribution in [0.1, 0.15) is 24.8 Å². The number of benzene rings is 1. The lowest BCUT2D eigenvalue weighted by Crippen LogP contribution is -2.36. The highest BCUT2D eigenvalue weighted by Gasteiger charge is 2.32. The van der Waals surface area contributed by atoms with Crippen LogP contribution in [0.25, 0.3) is 0 Å². The van der Waals surface area contributed by atoms with Gasteiger partial charge in [0.1, 0.15) is 6.04 Å². The average Bonchev–Trinajstić information content (AvgIpc) is 3.01. The van der Waals surface area contributed by atoms with Crippen molar-refractivity contribution in [3.8, 4) is 11.5 Å². The number of carbonyl (C=O) groups excluding carboxylic acids is 1. The predicted octanol–water partition coefficient (Wildman–Crippen LogP) is 2.61. The fourth-order valence-electron chi connectivity index (χ4n) is 2.17. The third kappa shape index (κ3) is 4.08. The number of hydrogen-bond donors (Lipinski definition) is 1. The second-order valence-electron chi connectivity index (χ2n) is 5.57. The molecule has 0 spiro atoms. The maximum absolute atomic E-state index is 12.0. The lowest BCUT2D eigenvalue weighted by Gasteiger charge is -2.15. The molecule has 1 aliphatic heterocycles. The molecule has 0 bridgehead atoms. The van der Waals surface area contributed by atoms with E-state index in [4.69, 9.17) is 14.2 Å². The zero-order valence-corrected chi connectivity index (χ0v) is 14.2. The van der Waals surface area contributed by atoms with Gasteiger partial charge >= 0.3 is 5.97 Å². The van der Waals surface area contributed by atoms with Gasteiger partial charge in [0.15, 0.2) is 11.5 Å². The SMILES string of the molecule is COc1ccc(C2NC(C(=O)OCC(C)C)CS2)cc1OC. The summed E-state index contributed by atoms with van der Waals surface area (Å²) in [5.74, 6) is 2.26. The molecular formula is C16H23NO4S. The molecule has 1 saturated heterocycles. The van der Waals surface area contributed by atoms with E-state index >= 15 is 0 Å². The van der Waals surface area contributed by atoms with E-state index in [9.17, 15) is 4.79 Å². The topological polar surface area (TPSA) is 56.8 Å². The van der Waals surface area contributed by atoms with Gasteiger partial charge in [-0.3, -0.25) is 10.1 Å². The van der Waals surface area contributed by atoms with E-state index in [1.807, 2.05) is 32.0 Å². The van der Waals surface area contributed by atoms with Crippen LogP contribution in [0.2, 0.25) is 0 Å². The summed E-state index contributed by atoms with van der Waals surface area (Å²) in [6.45, 7) is 4.51. The van der Waals surface area contributed by atoms with Crippen LogP contribution < -0.4 is 14.8 Å². The van der Waals surface area contributed by atoms with Crippen LogP contribution in [0.4, 0.5) is 0 Å². The first-order valence-electron chi connectivity index (χ1n) is 7.31. The maximum atomic E-state index is 12.0. The average molecular weight is 325 g/mol. The van der Waals surface area contributed by atoms with Crippen LogP contribution in [0.5, 0.6) is 11.5 Å². The van der Waals surface area contributed by atoms with Crippen LogP contribution in [0, 0.1) is 5.92 Å². The summed E-state index contributed by atoms with van der Waals surface area (Å²) >= 11 is 1.69. The normalized spacial score (nSPS) is 21.0. The molecule has 1 heterocycles. The van der Waals surface area contributed by atoms with Crippen molar-refractivity contribution in [3.05, 3.63) is 23.8 Å². The summed E-state index contributed by atoms with van der Waals surface area (Å²) in [6, 6.07) is 5.53. The minimum absolute atomic E-state index is 0.0522. The summed E-state index contributed by atoms with van der Waals surface area (Å²) in [5, 5.41) is 3.36. The van der Waals surface area contributed by atoms with Crippen molar-refractivity contribution >= 4 is 17.7 Å². The number of ether oxygens (including phenoxy) is 3. The minimum atomic E-state index is -0.262. The molecule has 6 heteroatoms. The third-order valence-corrected chi connectivity index (χ3v) is 4.60. The Hall–Kier alpha value is -1.40. The van der Waals surface area contributed by atoms with Crippen molar-refractivity contribution < 1.29 is 19.0 Å². The Bertz CT molecular complexity index is 521. The molecule has 1 aliphatic rings. The summed E-state index contributed by atoms with van der Waals surface area (Å²) in [4.78, 5) is 12.0. The van der Waals surface area contributed by atoms with Crippen molar-refractivity contribution in [2.24, 2.45) is 5.92 Å². The van der Waals surface area contributed by atoms with Crippen LogP contribution in [-0.2, 0) is 9.53 Å². The highest BCUT2D eigenvalue weighted by molar-refractivity contribution is 7.99. The Morgan fingerprint density at radius 3 is 2.68 bits per heavy atom. The molecule has 1 N–H and O–H groups in total. The Morgan fingerprint density at radius 2 is 2.05 bits per heavy atom. The molecule has 2 unspecified atom stereocenters. The van der Waals surface area contributed by atoms with Gasteiger partial charge in [-0.1, -0.05) is 19.9 Å². The van der Waals surface area contributed by atoms with Crippen LogP contribution >= 0.6 is 11.8 Å². The highest BCUT2D eigenvalue weighted by atomic mass is 32.2. The number of carbonyl (C=O) groups is 1. The van der Waals surface area contributed by atoms with Gasteiger partial charge in [0, 0.05) is 5.75 Å². The zero-order chi connectivity index (χ0) is 16.1. The maximum Gasteiger partial charge on any atom is 0.324 e. The monoisotopic (exact) mass is 325 g/mol. The van der Waals surface area contributed by atoms with Crippen LogP contribution in [0.15, 0.2) is 18.2 Å². The molecule has 0 aliphatic carbocycles. The Kier molecular flexibility index (Phi) is 5.97. The summed E-state index contributed by atoms with van der Waals surface area (Å²) in [6.07, 6.45) is 0. The first-order chi connectivity index (χ1) is 10.5. The molecule has 22 heavy (non-hydrogen) atoms. The zero-order valence-electron chi connectivity index (χ0n) is 13.4. The van der Waals surface area contributed by atoms with Gasteiger partial charge in [0.05, 0.1) is 26.2 Å². The van der Waals surface area contributed by atoms with E-state index in [2.05, 4.69) is 5.32 Å². The van der Waals surface area contributed by atoms with Crippen LogP contribution in [0.3, 0.4) is 0 Å². The summed E-state index contributed by atoms with van der Waals surface area (Å²) in [5.41, 5.74) is 1.06. The van der Waals surface area contributed by atoms with Crippen molar-refractivity contribution in [1.82, 2.24) is 5.32 Å².